The van der Waals surface area contributed by atoms with Crippen LogP contribution in [0.4, 0.5) is 21.9 Å². The number of amides is 4. The van der Waals surface area contributed by atoms with E-state index in [1.807, 2.05) is 30.3 Å². The number of fused-ring (bicyclic) bond motifs is 1. The first-order valence-corrected chi connectivity index (χ1v) is 11.0. The van der Waals surface area contributed by atoms with E-state index >= 15 is 0 Å². The minimum atomic E-state index is -0.907. The molecule has 9 heteroatoms. The van der Waals surface area contributed by atoms with Crippen molar-refractivity contribution in [1.82, 2.24) is 5.32 Å². The van der Waals surface area contributed by atoms with Crippen LogP contribution in [0.5, 0.6) is 11.5 Å². The second-order valence-corrected chi connectivity index (χ2v) is 7.90. The van der Waals surface area contributed by atoms with E-state index in [2.05, 4.69) is 16.0 Å². The van der Waals surface area contributed by atoms with Crippen molar-refractivity contribution in [2.75, 3.05) is 36.3 Å². The second-order valence-electron chi connectivity index (χ2n) is 7.90. The molecule has 1 aliphatic rings. The molecule has 1 aliphatic heterocycles. The first-order valence-electron chi connectivity index (χ1n) is 11.0. The number of nitrogens with one attached hydrogen (secondary N) is 3. The topological polar surface area (TPSA) is 109 Å². The van der Waals surface area contributed by atoms with Crippen LogP contribution >= 0.6 is 0 Å². The van der Waals surface area contributed by atoms with E-state index in [4.69, 9.17) is 9.47 Å². The summed E-state index contributed by atoms with van der Waals surface area (Å²) >= 11 is 0. The minimum Gasteiger partial charge on any atom is -0.493 e. The van der Waals surface area contributed by atoms with Crippen LogP contribution in [0.3, 0.4) is 0 Å². The van der Waals surface area contributed by atoms with Crippen molar-refractivity contribution in [3.63, 3.8) is 0 Å². The van der Waals surface area contributed by atoms with E-state index in [0.29, 0.717) is 28.6 Å². The average Bonchev–Trinajstić information content (AvgIpc) is 2.88. The van der Waals surface area contributed by atoms with Gasteiger partial charge in [0.1, 0.15) is 12.6 Å². The highest BCUT2D eigenvalue weighted by atomic mass is 16.5. The van der Waals surface area contributed by atoms with E-state index < -0.39 is 18.0 Å². The van der Waals surface area contributed by atoms with Gasteiger partial charge >= 0.3 is 6.03 Å². The summed E-state index contributed by atoms with van der Waals surface area (Å²) in [6, 6.07) is 19.9. The van der Waals surface area contributed by atoms with Gasteiger partial charge in [0.05, 0.1) is 25.6 Å². The monoisotopic (exact) mass is 474 g/mol. The van der Waals surface area contributed by atoms with Crippen LogP contribution in [0.2, 0.25) is 0 Å². The van der Waals surface area contributed by atoms with Crippen LogP contribution in [-0.4, -0.2) is 44.7 Å². The Kier molecular flexibility index (Phi) is 7.15. The Morgan fingerprint density at radius 3 is 2.43 bits per heavy atom. The van der Waals surface area contributed by atoms with Crippen LogP contribution < -0.4 is 30.3 Å². The third kappa shape index (κ3) is 5.52. The van der Waals surface area contributed by atoms with Gasteiger partial charge in [0, 0.05) is 18.2 Å². The molecule has 1 heterocycles. The fraction of sp³-hybridized carbons (Fsp3) is 0.192. The molecule has 1 atom stereocenters. The van der Waals surface area contributed by atoms with Gasteiger partial charge in [0.2, 0.25) is 11.8 Å². The smallest absolute Gasteiger partial charge is 0.323 e. The largest absolute Gasteiger partial charge is 0.493 e. The zero-order chi connectivity index (χ0) is 24.8. The Hall–Kier alpha value is -4.53. The first kappa shape index (κ1) is 23.6. The fourth-order valence-electron chi connectivity index (χ4n) is 3.84. The fourth-order valence-corrected chi connectivity index (χ4v) is 3.84. The Labute approximate surface area is 203 Å². The van der Waals surface area contributed by atoms with Gasteiger partial charge in [-0.25, -0.2) is 4.79 Å². The normalized spacial score (nSPS) is 13.2. The number of ether oxygens (including phenoxy) is 2. The van der Waals surface area contributed by atoms with Gasteiger partial charge < -0.3 is 25.4 Å². The van der Waals surface area contributed by atoms with Crippen molar-refractivity contribution in [2.45, 2.75) is 12.5 Å². The summed E-state index contributed by atoms with van der Waals surface area (Å²) < 4.78 is 10.6. The zero-order valence-corrected chi connectivity index (χ0v) is 19.4. The van der Waals surface area contributed by atoms with Crippen LogP contribution in [0.1, 0.15) is 5.56 Å². The van der Waals surface area contributed by atoms with Gasteiger partial charge in [-0.2, -0.15) is 0 Å². The number of rotatable bonds is 7. The molecule has 0 bridgehead atoms. The standard InChI is InChI=1S/C26H26N4O5/c1-34-22-13-12-18(15-23(22)35-2)27-25(32)20(14-17-8-4-3-5-9-17)29-26(33)30-16-24(31)28-19-10-6-7-11-21(19)30/h3-13,15,20H,14,16H2,1-2H3,(H,27,32)(H,28,31)(H,29,33)/t20-/m0/s1. The summed E-state index contributed by atoms with van der Waals surface area (Å²) in [5.41, 5.74) is 2.45. The lowest BCUT2D eigenvalue weighted by atomic mass is 10.1. The maximum absolute atomic E-state index is 13.3. The van der Waals surface area contributed by atoms with Gasteiger partial charge in [-0.05, 0) is 29.8 Å². The van der Waals surface area contributed by atoms with Gasteiger partial charge in [-0.1, -0.05) is 42.5 Å². The number of urea groups is 1. The van der Waals surface area contributed by atoms with Gasteiger partial charge in [0.15, 0.2) is 11.5 Å². The third-order valence-electron chi connectivity index (χ3n) is 5.56. The number of hydrogen-bond donors (Lipinski definition) is 3. The van der Waals surface area contributed by atoms with Crippen molar-refractivity contribution in [3.8, 4) is 11.5 Å². The molecule has 3 N–H and O–H groups in total. The van der Waals surface area contributed by atoms with Crippen molar-refractivity contribution in [1.29, 1.82) is 0 Å². The highest BCUT2D eigenvalue weighted by molar-refractivity contribution is 6.10. The number of carbonyl (C=O) groups excluding carboxylic acids is 3. The number of benzene rings is 3. The molecule has 3 aromatic rings. The molecule has 35 heavy (non-hydrogen) atoms. The summed E-state index contributed by atoms with van der Waals surface area (Å²) in [6.07, 6.45) is 0.257. The lowest BCUT2D eigenvalue weighted by Gasteiger charge is -2.30. The molecule has 180 valence electrons. The molecule has 0 aromatic heterocycles. The number of hydrogen-bond acceptors (Lipinski definition) is 5. The highest BCUT2D eigenvalue weighted by Gasteiger charge is 2.30. The molecule has 4 amide bonds. The number of nitrogens with zero attached hydrogens (tertiary/aromatic N) is 1. The average molecular weight is 475 g/mol. The molecule has 0 spiro atoms. The molecule has 4 rings (SSSR count). The van der Waals surface area contributed by atoms with Crippen molar-refractivity contribution in [2.24, 2.45) is 0 Å². The van der Waals surface area contributed by atoms with Crippen LogP contribution in [0.25, 0.3) is 0 Å². The second kappa shape index (κ2) is 10.6. The molecule has 0 saturated heterocycles. The minimum absolute atomic E-state index is 0.155. The predicted octanol–water partition coefficient (Wildman–Crippen LogP) is 3.42. The lowest BCUT2D eigenvalue weighted by Crippen LogP contribution is -2.53. The molecule has 3 aromatic carbocycles. The molecular weight excluding hydrogens is 448 g/mol. The van der Waals surface area contributed by atoms with Gasteiger partial charge in [-0.3, -0.25) is 14.5 Å². The Bertz CT molecular complexity index is 1230. The SMILES string of the molecule is COc1ccc(NC(=O)[C@H](Cc2ccccc2)NC(=O)N2CC(=O)Nc3ccccc32)cc1OC. The predicted molar refractivity (Wildman–Crippen MR) is 133 cm³/mol. The van der Waals surface area contributed by atoms with Crippen molar-refractivity contribution >= 4 is 34.9 Å². The number of carbonyl (C=O) groups is 3. The molecule has 0 saturated carbocycles. The van der Waals surface area contributed by atoms with E-state index in [1.54, 1.807) is 42.5 Å². The summed E-state index contributed by atoms with van der Waals surface area (Å²) in [5.74, 6) is 0.268. The Morgan fingerprint density at radius 2 is 1.69 bits per heavy atom. The summed E-state index contributed by atoms with van der Waals surface area (Å²) in [7, 11) is 3.04. The van der Waals surface area contributed by atoms with E-state index in [9.17, 15) is 14.4 Å². The van der Waals surface area contributed by atoms with Gasteiger partial charge in [-0.15, -0.1) is 0 Å². The van der Waals surface area contributed by atoms with E-state index in [-0.39, 0.29) is 18.9 Å². The van der Waals surface area contributed by atoms with Gasteiger partial charge in [0.25, 0.3) is 0 Å². The maximum atomic E-state index is 13.3. The molecular formula is C26H26N4O5. The van der Waals surface area contributed by atoms with Crippen LogP contribution in [-0.2, 0) is 16.0 Å². The Balaban J connectivity index is 1.57. The van der Waals surface area contributed by atoms with Crippen LogP contribution in [0.15, 0.2) is 72.8 Å². The molecule has 0 fully saturated rings. The number of para-hydroxylation sites is 2. The molecule has 0 unspecified atom stereocenters. The third-order valence-corrected chi connectivity index (χ3v) is 5.56. The van der Waals surface area contributed by atoms with Crippen molar-refractivity contribution < 1.29 is 23.9 Å². The van der Waals surface area contributed by atoms with E-state index in [1.165, 1.54) is 19.1 Å². The maximum Gasteiger partial charge on any atom is 0.323 e. The van der Waals surface area contributed by atoms with Crippen LogP contribution in [0, 0.1) is 0 Å². The number of methoxy groups -OCH3 is 2. The molecule has 9 nitrogen and oxygen atoms in total. The van der Waals surface area contributed by atoms with E-state index in [0.717, 1.165) is 5.56 Å². The summed E-state index contributed by atoms with van der Waals surface area (Å²) in [4.78, 5) is 40.1. The lowest BCUT2D eigenvalue weighted by molar-refractivity contribution is -0.118. The number of anilines is 3. The highest BCUT2D eigenvalue weighted by Crippen LogP contribution is 2.30. The summed E-state index contributed by atoms with van der Waals surface area (Å²) in [5, 5.41) is 8.40. The zero-order valence-electron chi connectivity index (χ0n) is 19.4. The molecule has 0 radical (unpaired) electrons. The summed E-state index contributed by atoms with van der Waals surface area (Å²) in [6.45, 7) is -0.155. The molecule has 0 aliphatic carbocycles. The first-order chi connectivity index (χ1) is 17.0. The van der Waals surface area contributed by atoms with Crippen molar-refractivity contribution in [3.05, 3.63) is 78.4 Å². The quantitative estimate of drug-likeness (QED) is 0.486. The Morgan fingerprint density at radius 1 is 0.971 bits per heavy atom.